The van der Waals surface area contributed by atoms with Crippen LogP contribution < -0.4 is 31.9 Å². The number of aliphatic hydroxyl groups excluding tert-OH is 25. The minimum atomic E-state index is -2.58. The molecular formula is C72H120N6O50. The molecule has 128 heavy (non-hydrogen) atoms. The van der Waals surface area contributed by atoms with Gasteiger partial charge in [0.05, 0.1) is 65.6 Å². The van der Waals surface area contributed by atoms with E-state index >= 15 is 0 Å². The third-order valence-corrected chi connectivity index (χ3v) is 23.2. The van der Waals surface area contributed by atoms with Crippen LogP contribution in [0.15, 0.2) is 0 Å². The average Bonchev–Trinajstić information content (AvgIpc) is 0.762. The summed E-state index contributed by atoms with van der Waals surface area (Å²) in [5.74, 6) is -5.49. The van der Waals surface area contributed by atoms with E-state index in [9.17, 15) is 156 Å². The summed E-state index contributed by atoms with van der Waals surface area (Å²) in [6, 6.07) is -11.2. The number of hydrogen-bond donors (Lipinski definition) is 31. The van der Waals surface area contributed by atoms with Crippen molar-refractivity contribution >= 4 is 35.4 Å². The van der Waals surface area contributed by atoms with Gasteiger partial charge >= 0.3 is 0 Å². The van der Waals surface area contributed by atoms with Gasteiger partial charge in [-0.1, -0.05) is 0 Å². The first-order chi connectivity index (χ1) is 60.5. The van der Waals surface area contributed by atoms with Gasteiger partial charge in [0.15, 0.2) is 62.9 Å². The van der Waals surface area contributed by atoms with E-state index in [1.54, 1.807) is 0 Å². The Labute approximate surface area is 726 Å². The fourth-order valence-electron chi connectivity index (χ4n) is 16.7. The lowest BCUT2D eigenvalue weighted by Gasteiger charge is -2.52. The standard InChI is InChI=1S/C72H120N6O50/c1-17-39(93)51(105)52(106)69(111-17)128-62-61(127-66-34(74-19(3)88)47(101)41(95)25(9-80)114-66)44(98)28(12-83)116-72(62)123-57-31(15-86)119-68(37(50(57)104)77-22(6)91)126-60-45(99)32(120-71(54(60)108)122-56-30(14-85)118-67(36(49(56)103)76-21(5)90)124-58-38(78-23(7)92)63(109)112-26(10-81)42(58)96)16-110-64-35(75-20(4)89)48(102)55(29(13-84)117-64)121-70-53(107)59(43(97)27(11-82)115-70)125-65-33(73-18(2)87)46(100)40(94)24(8-79)113-65/h17,24-72,79-86,93-109H,8-16H2,1-7H3,(H,73,87)(H,74,88)(H,75,89)(H,76,90)(H,77,91)(H,78,92)/t17-,24+,25+,26+,27+,28+,29+,30+,31+,32+,33+,34+,35+,36+,37+,38+,39+,40-,41-,42-,43-,44-,45-,46+,47+,48+,49+,50+,51+,52-,53+,54+,55+,56+,57+,58+,59-,60-,61-,62+,63?,64+,65+,66-,67-,68-,69-,70-,71-,72-/m0/s1. The minimum absolute atomic E-state index is 0.812. The highest BCUT2D eigenvalue weighted by Gasteiger charge is 2.63. The van der Waals surface area contributed by atoms with Crippen molar-refractivity contribution in [2.24, 2.45) is 0 Å². The second-order valence-electron chi connectivity index (χ2n) is 32.4. The van der Waals surface area contributed by atoms with E-state index in [-0.39, 0.29) is 0 Å². The largest absolute Gasteiger partial charge is 0.394 e. The normalized spacial score (nSPS) is 47.8. The number of carbonyl (C=O) groups excluding carboxylic acids is 6. The molecule has 0 aliphatic carbocycles. The zero-order valence-electron chi connectivity index (χ0n) is 69.6. The lowest BCUT2D eigenvalue weighted by atomic mass is 9.93. The molecule has 56 heteroatoms. The second kappa shape index (κ2) is 46.1. The van der Waals surface area contributed by atoms with E-state index < -0.39 is 402 Å². The molecule has 10 rings (SSSR count). The number of amides is 6. The van der Waals surface area contributed by atoms with Crippen LogP contribution in [0.25, 0.3) is 0 Å². The molecule has 10 fully saturated rings. The van der Waals surface area contributed by atoms with Crippen molar-refractivity contribution in [1.29, 1.82) is 0 Å². The Hall–Kier alpha value is -4.94. The quantitative estimate of drug-likeness (QED) is 0.0290. The Bertz CT molecular complexity index is 3550. The van der Waals surface area contributed by atoms with Crippen LogP contribution in [-0.4, -0.2) is 529 Å². The highest BCUT2D eigenvalue weighted by Crippen LogP contribution is 2.41. The zero-order chi connectivity index (χ0) is 94.4. The van der Waals surface area contributed by atoms with Crippen LogP contribution in [0.3, 0.4) is 0 Å². The first-order valence-electron chi connectivity index (χ1n) is 41.0. The summed E-state index contributed by atoms with van der Waals surface area (Å²) in [6.45, 7) is -3.10. The van der Waals surface area contributed by atoms with Gasteiger partial charge < -0.3 is 250 Å². The summed E-state index contributed by atoms with van der Waals surface area (Å²) < 4.78 is 114. The van der Waals surface area contributed by atoms with Gasteiger partial charge in [-0.05, 0) is 6.92 Å². The van der Waals surface area contributed by atoms with Gasteiger partial charge in [0.1, 0.15) is 238 Å². The van der Waals surface area contributed by atoms with Crippen molar-refractivity contribution in [2.75, 3.05) is 59.5 Å². The van der Waals surface area contributed by atoms with Crippen molar-refractivity contribution in [2.45, 2.75) is 355 Å². The van der Waals surface area contributed by atoms with Crippen LogP contribution in [0.1, 0.15) is 48.5 Å². The van der Waals surface area contributed by atoms with E-state index in [1.807, 2.05) is 0 Å². The van der Waals surface area contributed by atoms with E-state index in [4.69, 9.17) is 90.0 Å². The molecule has 0 spiro atoms. The zero-order valence-corrected chi connectivity index (χ0v) is 69.6. The molecule has 0 bridgehead atoms. The maximum absolute atomic E-state index is 13.5. The third kappa shape index (κ3) is 23.6. The highest BCUT2D eigenvalue weighted by molar-refractivity contribution is 5.75. The van der Waals surface area contributed by atoms with Crippen LogP contribution >= 0.6 is 0 Å². The molecule has 0 aromatic heterocycles. The molecule has 0 aromatic carbocycles. The molecule has 31 N–H and O–H groups in total. The van der Waals surface area contributed by atoms with Crippen molar-refractivity contribution in [1.82, 2.24) is 31.9 Å². The molecule has 10 aliphatic heterocycles. The van der Waals surface area contributed by atoms with Crippen LogP contribution in [0.5, 0.6) is 0 Å². The van der Waals surface area contributed by atoms with E-state index in [0.29, 0.717) is 0 Å². The summed E-state index contributed by atoms with van der Waals surface area (Å²) in [5, 5.41) is 297. The predicted octanol–water partition coefficient (Wildman–Crippen LogP) is -20.9. The van der Waals surface area contributed by atoms with Crippen LogP contribution in [0.2, 0.25) is 0 Å². The highest BCUT2D eigenvalue weighted by atomic mass is 16.8. The molecule has 0 saturated carbocycles. The monoisotopic (exact) mass is 1870 g/mol. The summed E-state index contributed by atoms with van der Waals surface area (Å²) in [6.07, 6.45) is -91.0. The molecule has 56 nitrogen and oxygen atoms in total. The third-order valence-electron chi connectivity index (χ3n) is 23.2. The molecule has 1 unspecified atom stereocenters. The van der Waals surface area contributed by atoms with Crippen molar-refractivity contribution in [3.63, 3.8) is 0 Å². The second-order valence-corrected chi connectivity index (χ2v) is 32.4. The van der Waals surface area contributed by atoms with Gasteiger partial charge in [-0.25, -0.2) is 0 Å². The molecule has 50 atom stereocenters. The molecule has 738 valence electrons. The van der Waals surface area contributed by atoms with E-state index in [0.717, 1.165) is 41.5 Å². The molecule has 0 aromatic rings. The van der Waals surface area contributed by atoms with Gasteiger partial charge in [-0.15, -0.1) is 0 Å². The number of rotatable bonds is 33. The Kier molecular flexibility index (Phi) is 37.8. The SMILES string of the molecule is CC(=O)N[C@H]1[C@H](OC[C@H]2O[C@@H](O[C@H]3[C@H](O)[C@@H](NC(C)=O)[C@H](O[C@H]4[C@@H](O)[C@@H](CO)OC(O)[C@@H]4NC(C)=O)O[C@@H]3CO)[C@H](O)[C@@H](O[C@@H]3O[C@H](CO)[C@@H](O[C@@H]4O[C@H](CO)[C@H](O)[C@H](O[C@@H]5O[C@H](CO)[C@H](O)[C@H](O)[C@H]5NC(C)=O)[C@H]4O[C@@H]4O[C@@H](C)[C@@H](O)[C@@H](O)[C@@H]4O)[C@H](O)[C@H]3NC(C)=O)[C@H]2O)O[C@H](CO)[C@@H](O[C@@H]2O[C@H](CO)[C@H](O)[C@H](O[C@H]3O[C@H](CO)[C@H](O)[C@H](O)[C@H]3NC(C)=O)[C@H]2O)[C@@H]1O. The Balaban J connectivity index is 0.980. The number of nitrogens with one attached hydrogen (secondary N) is 6. The summed E-state index contributed by atoms with van der Waals surface area (Å²) in [7, 11) is 0. The lowest BCUT2D eigenvalue weighted by molar-refractivity contribution is -0.402. The van der Waals surface area contributed by atoms with Gasteiger partial charge in [0.25, 0.3) is 0 Å². The number of aliphatic hydroxyl groups is 25. The van der Waals surface area contributed by atoms with Gasteiger partial charge in [0.2, 0.25) is 35.4 Å². The van der Waals surface area contributed by atoms with Crippen molar-refractivity contribution in [3.05, 3.63) is 0 Å². The van der Waals surface area contributed by atoms with Crippen LogP contribution in [0, 0.1) is 0 Å². The smallest absolute Gasteiger partial charge is 0.217 e. The Morgan fingerprint density at radius 2 is 0.477 bits per heavy atom. The number of hydrogen-bond acceptors (Lipinski definition) is 50. The summed E-state index contributed by atoms with van der Waals surface area (Å²) >= 11 is 0. The molecule has 10 aliphatic rings. The minimum Gasteiger partial charge on any atom is -0.394 e. The molecular weight excluding hydrogens is 1750 g/mol. The van der Waals surface area contributed by atoms with E-state index in [1.165, 1.54) is 6.92 Å². The maximum atomic E-state index is 13.5. The predicted molar refractivity (Wildman–Crippen MR) is 398 cm³/mol. The Morgan fingerprint density at radius 3 is 0.867 bits per heavy atom. The summed E-state index contributed by atoms with van der Waals surface area (Å²) in [4.78, 5) is 77.2. The molecule has 10 heterocycles. The van der Waals surface area contributed by atoms with E-state index in [2.05, 4.69) is 31.9 Å². The molecule has 0 radical (unpaired) electrons. The first-order valence-corrected chi connectivity index (χ1v) is 41.0. The maximum Gasteiger partial charge on any atom is 0.217 e. The lowest BCUT2D eigenvalue weighted by Crippen LogP contribution is -2.71. The van der Waals surface area contributed by atoms with Crippen LogP contribution in [-0.2, 0) is 119 Å². The van der Waals surface area contributed by atoms with Gasteiger partial charge in [-0.3, -0.25) is 28.8 Å². The van der Waals surface area contributed by atoms with Gasteiger partial charge in [0, 0.05) is 41.5 Å². The topological polar surface area (TPSA) is 856 Å². The Morgan fingerprint density at radius 1 is 0.219 bits per heavy atom. The van der Waals surface area contributed by atoms with Crippen molar-refractivity contribution < 1.29 is 246 Å². The van der Waals surface area contributed by atoms with Crippen LogP contribution in [0.4, 0.5) is 0 Å². The van der Waals surface area contributed by atoms with Crippen molar-refractivity contribution in [3.8, 4) is 0 Å². The first kappa shape index (κ1) is 105. The number of carbonyl (C=O) groups is 6. The molecule has 10 saturated heterocycles. The fourth-order valence-corrected chi connectivity index (χ4v) is 16.7. The summed E-state index contributed by atoms with van der Waals surface area (Å²) in [5.41, 5.74) is 0. The number of ether oxygens (including phenoxy) is 19. The molecule has 6 amide bonds. The van der Waals surface area contributed by atoms with Gasteiger partial charge in [-0.2, -0.15) is 0 Å². The average molecular weight is 1870 g/mol. The fraction of sp³-hybridized carbons (Fsp3) is 0.917.